The molecule has 0 saturated heterocycles. The molecule has 0 aromatic heterocycles. The summed E-state index contributed by atoms with van der Waals surface area (Å²) in [5.41, 5.74) is 2.11. The van der Waals surface area contributed by atoms with Crippen LogP contribution in [0.3, 0.4) is 0 Å². The van der Waals surface area contributed by atoms with Gasteiger partial charge in [-0.3, -0.25) is 9.00 Å². The van der Waals surface area contributed by atoms with Crippen LogP contribution in [0.2, 0.25) is 0 Å². The van der Waals surface area contributed by atoms with Gasteiger partial charge < -0.3 is 10.6 Å². The van der Waals surface area contributed by atoms with Gasteiger partial charge in [-0.25, -0.2) is 0 Å². The predicted octanol–water partition coefficient (Wildman–Crippen LogP) is 1.08. The molecule has 0 bridgehead atoms. The molecule has 2 N–H and O–H groups in total. The smallest absolute Gasteiger partial charge is 0.229 e. The maximum Gasteiger partial charge on any atom is 0.229 e. The van der Waals surface area contributed by atoms with Crippen LogP contribution in [0.25, 0.3) is 0 Å². The Kier molecular flexibility index (Phi) is 4.36. The molecule has 0 aliphatic carbocycles. The maximum atomic E-state index is 12.0. The third kappa shape index (κ3) is 3.10. The highest BCUT2D eigenvalue weighted by Gasteiger charge is 2.27. The molecule has 2 rings (SSSR count). The monoisotopic (exact) mass is 266 g/mol. The quantitative estimate of drug-likeness (QED) is 0.784. The number of rotatable bonds is 5. The minimum absolute atomic E-state index is 0.0503. The van der Waals surface area contributed by atoms with Crippen molar-refractivity contribution >= 4 is 22.4 Å². The highest BCUT2D eigenvalue weighted by Crippen LogP contribution is 2.30. The second-order valence-electron chi connectivity index (χ2n) is 4.44. The normalized spacial score (nSPS) is 18.8. The van der Waals surface area contributed by atoms with E-state index in [-0.39, 0.29) is 11.8 Å². The van der Waals surface area contributed by atoms with Crippen molar-refractivity contribution in [1.29, 1.82) is 0 Å². The van der Waals surface area contributed by atoms with Crippen molar-refractivity contribution < 1.29 is 9.00 Å². The Morgan fingerprint density at radius 3 is 3.06 bits per heavy atom. The zero-order valence-corrected chi connectivity index (χ0v) is 11.3. The third-order valence-electron chi connectivity index (χ3n) is 3.06. The molecule has 0 radical (unpaired) electrons. The van der Waals surface area contributed by atoms with Crippen LogP contribution in [0.4, 0.5) is 5.69 Å². The van der Waals surface area contributed by atoms with E-state index in [0.717, 1.165) is 17.7 Å². The lowest BCUT2D eigenvalue weighted by Gasteiger charge is -2.10. The molecule has 1 aromatic carbocycles. The molecule has 0 fully saturated rings. The zero-order chi connectivity index (χ0) is 13.0. The highest BCUT2D eigenvalue weighted by molar-refractivity contribution is 7.84. The van der Waals surface area contributed by atoms with Crippen molar-refractivity contribution in [3.63, 3.8) is 0 Å². The van der Waals surface area contributed by atoms with Gasteiger partial charge in [0.05, 0.1) is 5.92 Å². The third-order valence-corrected chi connectivity index (χ3v) is 3.92. The van der Waals surface area contributed by atoms with Crippen LogP contribution in [-0.2, 0) is 15.6 Å². The predicted molar refractivity (Wildman–Crippen MR) is 74.2 cm³/mol. The number of hydrogen-bond donors (Lipinski definition) is 2. The van der Waals surface area contributed by atoms with Crippen LogP contribution in [0.1, 0.15) is 17.9 Å². The first-order valence-corrected chi connectivity index (χ1v) is 7.81. The number of para-hydroxylation sites is 1. The number of fused-ring (bicyclic) bond motifs is 1. The minimum Gasteiger partial charge on any atom is -0.384 e. The molecule has 18 heavy (non-hydrogen) atoms. The molecule has 4 nitrogen and oxygen atoms in total. The van der Waals surface area contributed by atoms with Crippen molar-refractivity contribution in [2.75, 3.05) is 30.4 Å². The molecule has 2 unspecified atom stereocenters. The fourth-order valence-electron chi connectivity index (χ4n) is 2.13. The Bertz CT molecular complexity index is 462. The molecule has 0 saturated carbocycles. The van der Waals surface area contributed by atoms with Crippen molar-refractivity contribution in [3.8, 4) is 0 Å². The number of amides is 1. The fraction of sp³-hybridized carbons (Fsp3) is 0.462. The van der Waals surface area contributed by atoms with E-state index in [9.17, 15) is 9.00 Å². The van der Waals surface area contributed by atoms with E-state index >= 15 is 0 Å². The molecular weight excluding hydrogens is 248 g/mol. The topological polar surface area (TPSA) is 58.2 Å². The molecule has 2 atom stereocenters. The zero-order valence-electron chi connectivity index (χ0n) is 10.4. The average Bonchev–Trinajstić information content (AvgIpc) is 2.78. The van der Waals surface area contributed by atoms with Gasteiger partial charge in [0.25, 0.3) is 0 Å². The number of anilines is 1. The van der Waals surface area contributed by atoms with E-state index in [4.69, 9.17) is 0 Å². The van der Waals surface area contributed by atoms with Gasteiger partial charge in [0, 0.05) is 41.6 Å². The Hall–Kier alpha value is -1.36. The summed E-state index contributed by atoms with van der Waals surface area (Å²) < 4.78 is 10.9. The van der Waals surface area contributed by atoms with Gasteiger partial charge in [-0.1, -0.05) is 18.2 Å². The van der Waals surface area contributed by atoms with Crippen molar-refractivity contribution in [2.24, 2.45) is 0 Å². The van der Waals surface area contributed by atoms with Crippen molar-refractivity contribution in [2.45, 2.75) is 12.3 Å². The summed E-state index contributed by atoms with van der Waals surface area (Å²) in [6.07, 6.45) is 2.44. The first-order chi connectivity index (χ1) is 8.68. The second kappa shape index (κ2) is 6.00. The van der Waals surface area contributed by atoms with Gasteiger partial charge in [0.1, 0.15) is 0 Å². The summed E-state index contributed by atoms with van der Waals surface area (Å²) in [5.74, 6) is 0.586. The summed E-state index contributed by atoms with van der Waals surface area (Å²) in [4.78, 5) is 12.0. The molecule has 1 heterocycles. The van der Waals surface area contributed by atoms with Crippen molar-refractivity contribution in [1.82, 2.24) is 5.32 Å². The van der Waals surface area contributed by atoms with Gasteiger partial charge in [-0.05, 0) is 18.1 Å². The summed E-state index contributed by atoms with van der Waals surface area (Å²) in [5, 5.41) is 6.14. The van der Waals surface area contributed by atoms with Crippen molar-refractivity contribution in [3.05, 3.63) is 29.8 Å². The van der Waals surface area contributed by atoms with Gasteiger partial charge in [-0.15, -0.1) is 0 Å². The highest BCUT2D eigenvalue weighted by atomic mass is 32.2. The van der Waals surface area contributed by atoms with Gasteiger partial charge >= 0.3 is 0 Å². The molecule has 5 heteroatoms. The number of nitrogens with one attached hydrogen (secondary N) is 2. The van der Waals surface area contributed by atoms with E-state index in [0.29, 0.717) is 18.8 Å². The van der Waals surface area contributed by atoms with Gasteiger partial charge in [0.2, 0.25) is 5.91 Å². The molecule has 1 aliphatic heterocycles. The summed E-state index contributed by atoms with van der Waals surface area (Å²) in [6.45, 7) is 1.25. The van der Waals surface area contributed by atoms with Crippen LogP contribution in [0.15, 0.2) is 24.3 Å². The first-order valence-electron chi connectivity index (χ1n) is 6.09. The minimum atomic E-state index is -0.782. The maximum absolute atomic E-state index is 12.0. The summed E-state index contributed by atoms with van der Waals surface area (Å²) in [6, 6.07) is 7.89. The average molecular weight is 266 g/mol. The molecule has 1 aliphatic rings. The fourth-order valence-corrected chi connectivity index (χ4v) is 2.68. The largest absolute Gasteiger partial charge is 0.384 e. The lowest BCUT2D eigenvalue weighted by Crippen LogP contribution is -2.31. The van der Waals surface area contributed by atoms with E-state index in [2.05, 4.69) is 10.6 Å². The molecule has 1 aromatic rings. The summed E-state index contributed by atoms with van der Waals surface area (Å²) in [7, 11) is -0.782. The first kappa shape index (κ1) is 13.1. The summed E-state index contributed by atoms with van der Waals surface area (Å²) >= 11 is 0. The Morgan fingerprint density at radius 2 is 2.28 bits per heavy atom. The van der Waals surface area contributed by atoms with E-state index in [1.807, 2.05) is 24.3 Å². The molecule has 1 amide bonds. The second-order valence-corrected chi connectivity index (χ2v) is 6.00. The SMILES string of the molecule is CS(=O)CCCNC(=O)C1CNc2ccccc21. The Labute approximate surface area is 110 Å². The Balaban J connectivity index is 1.86. The van der Waals surface area contributed by atoms with E-state index in [1.54, 1.807) is 6.26 Å². The van der Waals surface area contributed by atoms with Crippen LogP contribution >= 0.6 is 0 Å². The van der Waals surface area contributed by atoms with Crippen LogP contribution in [0, 0.1) is 0 Å². The van der Waals surface area contributed by atoms with Crippen LogP contribution < -0.4 is 10.6 Å². The molecule has 0 spiro atoms. The number of carbonyl (C=O) groups excluding carboxylic acids is 1. The van der Waals surface area contributed by atoms with E-state index in [1.165, 1.54) is 0 Å². The number of hydrogen-bond acceptors (Lipinski definition) is 3. The lowest BCUT2D eigenvalue weighted by molar-refractivity contribution is -0.122. The lowest BCUT2D eigenvalue weighted by atomic mass is 10.0. The molecule has 98 valence electrons. The van der Waals surface area contributed by atoms with Gasteiger partial charge in [-0.2, -0.15) is 0 Å². The standard InChI is InChI=1S/C13H18N2O2S/c1-18(17)8-4-7-14-13(16)11-9-15-12-6-3-2-5-10(11)12/h2-3,5-6,11,15H,4,7-9H2,1H3,(H,14,16). The molecular formula is C13H18N2O2S. The van der Waals surface area contributed by atoms with Crippen LogP contribution in [0.5, 0.6) is 0 Å². The van der Waals surface area contributed by atoms with Crippen LogP contribution in [-0.4, -0.2) is 35.2 Å². The van der Waals surface area contributed by atoms with E-state index < -0.39 is 10.8 Å². The number of carbonyl (C=O) groups is 1. The Morgan fingerprint density at radius 1 is 1.50 bits per heavy atom. The number of benzene rings is 1. The van der Waals surface area contributed by atoms with Gasteiger partial charge in [0.15, 0.2) is 0 Å².